The molecule has 110 valence electrons. The Morgan fingerprint density at radius 3 is 2.38 bits per heavy atom. The summed E-state index contributed by atoms with van der Waals surface area (Å²) in [6.45, 7) is 0. The zero-order chi connectivity index (χ0) is 15.6. The van der Waals surface area contributed by atoms with Crippen molar-refractivity contribution in [2.75, 3.05) is 24.3 Å². The average molecular weight is 372 g/mol. The van der Waals surface area contributed by atoms with Gasteiger partial charge in [-0.05, 0) is 52.3 Å². The van der Waals surface area contributed by atoms with Gasteiger partial charge in [-0.15, -0.1) is 0 Å². The molecule has 2 aromatic carbocycles. The Morgan fingerprint density at radius 1 is 1.24 bits per heavy atom. The van der Waals surface area contributed by atoms with E-state index in [1.54, 1.807) is 12.1 Å². The highest BCUT2D eigenvalue weighted by Gasteiger charge is 2.13. The number of nitrogens with one attached hydrogen (secondary N) is 1. The van der Waals surface area contributed by atoms with Crippen LogP contribution in [0.25, 0.3) is 0 Å². The first kappa shape index (κ1) is 15.8. The van der Waals surface area contributed by atoms with Crippen LogP contribution in [0.2, 0.25) is 5.02 Å². The molecule has 0 spiro atoms. The summed E-state index contributed by atoms with van der Waals surface area (Å²) in [6.07, 6.45) is 0. The van der Waals surface area contributed by atoms with Crippen molar-refractivity contribution in [3.63, 3.8) is 0 Å². The van der Waals surface area contributed by atoms with E-state index in [2.05, 4.69) is 21.2 Å². The second-order valence-electron chi connectivity index (χ2n) is 4.64. The number of carbonyl (C=O) groups excluding carboxylic acids is 1. The average Bonchev–Trinajstić information content (AvgIpc) is 2.42. The van der Waals surface area contributed by atoms with E-state index in [0.29, 0.717) is 15.7 Å². The summed E-state index contributed by atoms with van der Waals surface area (Å²) < 4.78 is 13.6. The highest BCUT2D eigenvalue weighted by Crippen LogP contribution is 2.32. The van der Waals surface area contributed by atoms with Gasteiger partial charge >= 0.3 is 0 Å². The summed E-state index contributed by atoms with van der Waals surface area (Å²) in [7, 11) is 3.84. The van der Waals surface area contributed by atoms with E-state index < -0.39 is 5.82 Å². The molecular weight excluding hydrogens is 359 g/mol. The van der Waals surface area contributed by atoms with Crippen molar-refractivity contribution in [2.45, 2.75) is 0 Å². The van der Waals surface area contributed by atoms with E-state index in [9.17, 15) is 9.18 Å². The Balaban J connectivity index is 2.22. The van der Waals surface area contributed by atoms with Crippen molar-refractivity contribution < 1.29 is 9.18 Å². The lowest BCUT2D eigenvalue weighted by molar-refractivity contribution is 0.102. The Hall–Kier alpha value is -1.59. The molecule has 0 aromatic heterocycles. The van der Waals surface area contributed by atoms with Gasteiger partial charge < -0.3 is 10.2 Å². The van der Waals surface area contributed by atoms with E-state index in [0.717, 1.165) is 11.8 Å². The van der Waals surface area contributed by atoms with Crippen LogP contribution in [0.3, 0.4) is 0 Å². The molecule has 0 unspecified atom stereocenters. The number of amides is 1. The number of carbonyl (C=O) groups is 1. The number of hydrogen-bond donors (Lipinski definition) is 1. The predicted octanol–water partition coefficient (Wildman–Crippen LogP) is 4.56. The van der Waals surface area contributed by atoms with Crippen molar-refractivity contribution in [2.24, 2.45) is 0 Å². The summed E-state index contributed by atoms with van der Waals surface area (Å²) in [6, 6.07) is 9.52. The van der Waals surface area contributed by atoms with Gasteiger partial charge in [-0.1, -0.05) is 11.6 Å². The number of nitrogens with zero attached hydrogens (tertiary/aromatic N) is 1. The molecule has 2 aromatic rings. The van der Waals surface area contributed by atoms with E-state index in [4.69, 9.17) is 11.6 Å². The van der Waals surface area contributed by atoms with Crippen LogP contribution in [0.15, 0.2) is 40.9 Å². The lowest BCUT2D eigenvalue weighted by atomic mass is 10.2. The van der Waals surface area contributed by atoms with Crippen LogP contribution in [0.4, 0.5) is 15.8 Å². The molecule has 0 fully saturated rings. The molecule has 0 atom stereocenters. The minimum Gasteiger partial charge on any atom is -0.378 e. The predicted molar refractivity (Wildman–Crippen MR) is 87.8 cm³/mol. The number of rotatable bonds is 3. The number of anilines is 2. The molecule has 6 heteroatoms. The number of halogens is 3. The summed E-state index contributed by atoms with van der Waals surface area (Å²) in [4.78, 5) is 14.1. The van der Waals surface area contributed by atoms with Crippen LogP contribution >= 0.6 is 27.5 Å². The van der Waals surface area contributed by atoms with Gasteiger partial charge in [-0.3, -0.25) is 4.79 Å². The van der Waals surface area contributed by atoms with E-state index >= 15 is 0 Å². The Labute approximate surface area is 135 Å². The summed E-state index contributed by atoms with van der Waals surface area (Å²) in [5, 5.41) is 2.81. The second kappa shape index (κ2) is 6.45. The van der Waals surface area contributed by atoms with Crippen molar-refractivity contribution in [3.05, 3.63) is 57.3 Å². The van der Waals surface area contributed by atoms with Crippen LogP contribution in [0.5, 0.6) is 0 Å². The van der Waals surface area contributed by atoms with Crippen molar-refractivity contribution >= 4 is 44.8 Å². The Bertz CT molecular complexity index is 651. The molecule has 0 bridgehead atoms. The standard InChI is InChI=1S/C15H13BrClFN2O/c1-20(2)11-5-3-9(4-6-11)15(21)19-14-12(16)7-10(18)8-13(14)17/h3-8H,1-2H3,(H,19,21). The van der Waals surface area contributed by atoms with Crippen LogP contribution in [-0.2, 0) is 0 Å². The van der Waals surface area contributed by atoms with Gasteiger partial charge in [0.2, 0.25) is 0 Å². The third kappa shape index (κ3) is 3.74. The maximum atomic E-state index is 13.2. The molecule has 0 saturated carbocycles. The molecule has 0 aliphatic rings. The number of hydrogen-bond acceptors (Lipinski definition) is 2. The van der Waals surface area contributed by atoms with Crippen LogP contribution in [-0.4, -0.2) is 20.0 Å². The maximum absolute atomic E-state index is 13.2. The third-order valence-corrected chi connectivity index (χ3v) is 3.81. The van der Waals surface area contributed by atoms with Gasteiger partial charge in [0.25, 0.3) is 5.91 Å². The molecule has 21 heavy (non-hydrogen) atoms. The quantitative estimate of drug-likeness (QED) is 0.858. The molecule has 0 aliphatic heterocycles. The normalized spacial score (nSPS) is 10.3. The zero-order valence-corrected chi connectivity index (χ0v) is 13.8. The molecule has 3 nitrogen and oxygen atoms in total. The lowest BCUT2D eigenvalue weighted by Gasteiger charge is -2.13. The van der Waals surface area contributed by atoms with Crippen LogP contribution in [0, 0.1) is 5.82 Å². The van der Waals surface area contributed by atoms with Gasteiger partial charge in [-0.25, -0.2) is 4.39 Å². The van der Waals surface area contributed by atoms with Crippen molar-refractivity contribution in [3.8, 4) is 0 Å². The Kier molecular flexibility index (Phi) is 4.85. The molecule has 2 rings (SSSR count). The van der Waals surface area contributed by atoms with Gasteiger partial charge in [0.1, 0.15) is 5.82 Å². The first-order valence-electron chi connectivity index (χ1n) is 6.12. The SMILES string of the molecule is CN(C)c1ccc(C(=O)Nc2c(Cl)cc(F)cc2Br)cc1. The highest BCUT2D eigenvalue weighted by atomic mass is 79.9. The summed E-state index contributed by atoms with van der Waals surface area (Å²) in [5.41, 5.74) is 1.83. The summed E-state index contributed by atoms with van der Waals surface area (Å²) in [5.74, 6) is -0.783. The fraction of sp³-hybridized carbons (Fsp3) is 0.133. The smallest absolute Gasteiger partial charge is 0.255 e. The van der Waals surface area contributed by atoms with Gasteiger partial charge in [0.15, 0.2) is 0 Å². The fourth-order valence-corrected chi connectivity index (χ4v) is 2.66. The third-order valence-electron chi connectivity index (χ3n) is 2.89. The topological polar surface area (TPSA) is 32.3 Å². The molecule has 0 radical (unpaired) electrons. The molecular formula is C15H13BrClFN2O. The van der Waals surface area contributed by atoms with E-state index in [1.165, 1.54) is 6.07 Å². The second-order valence-corrected chi connectivity index (χ2v) is 5.90. The number of benzene rings is 2. The molecule has 0 saturated heterocycles. The molecule has 1 amide bonds. The summed E-state index contributed by atoms with van der Waals surface area (Å²) >= 11 is 9.13. The van der Waals surface area contributed by atoms with Crippen LogP contribution in [0.1, 0.15) is 10.4 Å². The highest BCUT2D eigenvalue weighted by molar-refractivity contribution is 9.10. The molecule has 1 N–H and O–H groups in total. The van der Waals surface area contributed by atoms with Gasteiger partial charge in [0, 0.05) is 29.8 Å². The maximum Gasteiger partial charge on any atom is 0.255 e. The van der Waals surface area contributed by atoms with Gasteiger partial charge in [-0.2, -0.15) is 0 Å². The largest absolute Gasteiger partial charge is 0.378 e. The van der Waals surface area contributed by atoms with Gasteiger partial charge in [0.05, 0.1) is 10.7 Å². The van der Waals surface area contributed by atoms with Crippen molar-refractivity contribution in [1.29, 1.82) is 0 Å². The Morgan fingerprint density at radius 2 is 1.86 bits per heavy atom. The first-order chi connectivity index (χ1) is 9.88. The van der Waals surface area contributed by atoms with Crippen molar-refractivity contribution in [1.82, 2.24) is 0 Å². The minimum absolute atomic E-state index is 0.139. The molecule has 0 heterocycles. The zero-order valence-electron chi connectivity index (χ0n) is 11.5. The van der Waals surface area contributed by atoms with E-state index in [1.807, 2.05) is 31.1 Å². The lowest BCUT2D eigenvalue weighted by Crippen LogP contribution is -2.14. The minimum atomic E-state index is -0.472. The molecule has 0 aliphatic carbocycles. The van der Waals surface area contributed by atoms with E-state index in [-0.39, 0.29) is 10.9 Å². The van der Waals surface area contributed by atoms with Crippen LogP contribution < -0.4 is 10.2 Å². The monoisotopic (exact) mass is 370 g/mol. The fourth-order valence-electron chi connectivity index (χ4n) is 1.76. The first-order valence-corrected chi connectivity index (χ1v) is 7.29.